The zero-order valence-corrected chi connectivity index (χ0v) is 18.1. The largest absolute Gasteiger partial charge is 0.379 e. The Balaban J connectivity index is 1.18. The van der Waals surface area contributed by atoms with Crippen LogP contribution < -0.4 is 10.6 Å². The van der Waals surface area contributed by atoms with Gasteiger partial charge >= 0.3 is 0 Å². The van der Waals surface area contributed by atoms with Crippen LogP contribution in [0, 0.1) is 11.3 Å². The van der Waals surface area contributed by atoms with Gasteiger partial charge in [-0.25, -0.2) is 15.0 Å². The highest BCUT2D eigenvalue weighted by Gasteiger charge is 2.22. The lowest BCUT2D eigenvalue weighted by molar-refractivity contribution is -0.132. The molecule has 4 rings (SSSR count). The summed E-state index contributed by atoms with van der Waals surface area (Å²) in [4.78, 5) is 40.4. The Kier molecular flexibility index (Phi) is 6.75. The van der Waals surface area contributed by atoms with Crippen molar-refractivity contribution in [2.75, 3.05) is 44.3 Å². The van der Waals surface area contributed by atoms with E-state index in [1.54, 1.807) is 6.07 Å². The maximum atomic E-state index is 12.5. The number of pyridine rings is 1. The van der Waals surface area contributed by atoms with Crippen LogP contribution in [-0.4, -0.2) is 75.6 Å². The van der Waals surface area contributed by atoms with Crippen LogP contribution in [0.3, 0.4) is 0 Å². The quantitative estimate of drug-likeness (QED) is 0.492. The van der Waals surface area contributed by atoms with Crippen LogP contribution in [-0.2, 0) is 16.1 Å². The van der Waals surface area contributed by atoms with Gasteiger partial charge in [0.1, 0.15) is 17.4 Å². The fourth-order valence-corrected chi connectivity index (χ4v) is 3.66. The standard InChI is InChI=1S/C22H24N8O3/c23-13-16-14-25-22(26-15-16)30-8-6-28(7-9-30)19(31)4-11-33-12-10-29-5-3-17-1-2-18(20(24)32)27-21(17)29/h1-3,5,14-15H,4,6-12H2,(H2,24,32). The second-order valence-corrected chi connectivity index (χ2v) is 7.60. The fourth-order valence-electron chi connectivity index (χ4n) is 3.66. The van der Waals surface area contributed by atoms with Crippen LogP contribution in [0.15, 0.2) is 36.8 Å². The fraction of sp³-hybridized carbons (Fsp3) is 0.364. The molecule has 1 aliphatic rings. The van der Waals surface area contributed by atoms with Crippen LogP contribution in [0.1, 0.15) is 22.5 Å². The van der Waals surface area contributed by atoms with Crippen LogP contribution in [0.4, 0.5) is 5.95 Å². The number of rotatable bonds is 8. The molecule has 3 aromatic heterocycles. The maximum Gasteiger partial charge on any atom is 0.267 e. The first kappa shape index (κ1) is 22.2. The highest BCUT2D eigenvalue weighted by atomic mass is 16.5. The molecule has 1 saturated heterocycles. The number of hydrogen-bond acceptors (Lipinski definition) is 8. The minimum atomic E-state index is -0.565. The lowest BCUT2D eigenvalue weighted by Crippen LogP contribution is -2.49. The van der Waals surface area contributed by atoms with E-state index in [4.69, 9.17) is 15.7 Å². The molecule has 0 atom stereocenters. The second kappa shape index (κ2) is 10.1. The Labute approximate surface area is 190 Å². The number of piperazine rings is 1. The SMILES string of the molecule is N#Cc1cnc(N2CCN(C(=O)CCOCCn3ccc4ccc(C(N)=O)nc43)CC2)nc1. The number of carbonyl (C=O) groups is 2. The Bertz CT molecular complexity index is 1180. The number of carbonyl (C=O) groups excluding carboxylic acids is 2. The molecule has 0 saturated carbocycles. The van der Waals surface area contributed by atoms with Gasteiger partial charge < -0.3 is 24.8 Å². The van der Waals surface area contributed by atoms with Gasteiger partial charge in [-0.05, 0) is 18.2 Å². The molecule has 0 radical (unpaired) electrons. The first-order valence-corrected chi connectivity index (χ1v) is 10.6. The summed E-state index contributed by atoms with van der Waals surface area (Å²) in [7, 11) is 0. The van der Waals surface area contributed by atoms with Crippen molar-refractivity contribution < 1.29 is 14.3 Å². The van der Waals surface area contributed by atoms with Crippen molar-refractivity contribution in [3.63, 3.8) is 0 Å². The predicted octanol–water partition coefficient (Wildman–Crippen LogP) is 0.552. The number of primary amides is 1. The summed E-state index contributed by atoms with van der Waals surface area (Å²) in [5.41, 5.74) is 6.63. The monoisotopic (exact) mass is 448 g/mol. The number of nitrogens with zero attached hydrogens (tertiary/aromatic N) is 7. The van der Waals surface area contributed by atoms with Gasteiger partial charge in [-0.1, -0.05) is 0 Å². The van der Waals surface area contributed by atoms with Gasteiger partial charge in [0, 0.05) is 44.3 Å². The highest BCUT2D eigenvalue weighted by Crippen LogP contribution is 2.14. The molecule has 170 valence electrons. The van der Waals surface area contributed by atoms with Gasteiger partial charge in [-0.3, -0.25) is 9.59 Å². The first-order valence-electron chi connectivity index (χ1n) is 10.6. The van der Waals surface area contributed by atoms with Gasteiger partial charge in [0.05, 0.1) is 37.6 Å². The predicted molar refractivity (Wildman–Crippen MR) is 119 cm³/mol. The average Bonchev–Trinajstić information content (AvgIpc) is 3.26. The number of hydrogen-bond donors (Lipinski definition) is 1. The lowest BCUT2D eigenvalue weighted by atomic mass is 10.3. The van der Waals surface area contributed by atoms with Crippen LogP contribution in [0.5, 0.6) is 0 Å². The minimum absolute atomic E-state index is 0.0505. The third-order valence-corrected chi connectivity index (χ3v) is 5.48. The van der Waals surface area contributed by atoms with Crippen LogP contribution >= 0.6 is 0 Å². The Morgan fingerprint density at radius 2 is 1.85 bits per heavy atom. The number of fused-ring (bicyclic) bond motifs is 1. The Morgan fingerprint density at radius 1 is 1.09 bits per heavy atom. The number of nitrogens with two attached hydrogens (primary N) is 1. The van der Waals surface area contributed by atoms with E-state index in [0.717, 1.165) is 5.39 Å². The number of nitriles is 1. The summed E-state index contributed by atoms with van der Waals surface area (Å²) in [5, 5.41) is 9.76. The van der Waals surface area contributed by atoms with Gasteiger partial charge in [0.2, 0.25) is 11.9 Å². The normalized spacial score (nSPS) is 13.8. The number of anilines is 1. The Hall–Kier alpha value is -4.04. The summed E-state index contributed by atoms with van der Waals surface area (Å²) < 4.78 is 7.56. The summed E-state index contributed by atoms with van der Waals surface area (Å²) in [5.74, 6) is 0.0543. The maximum absolute atomic E-state index is 12.5. The molecule has 2 amide bonds. The third kappa shape index (κ3) is 5.24. The molecule has 11 heteroatoms. The third-order valence-electron chi connectivity index (χ3n) is 5.48. The smallest absolute Gasteiger partial charge is 0.267 e. The highest BCUT2D eigenvalue weighted by molar-refractivity contribution is 5.93. The van der Waals surface area contributed by atoms with E-state index in [1.807, 2.05) is 38.8 Å². The van der Waals surface area contributed by atoms with E-state index in [-0.39, 0.29) is 11.6 Å². The molecule has 0 aromatic carbocycles. The van der Waals surface area contributed by atoms with E-state index >= 15 is 0 Å². The van der Waals surface area contributed by atoms with E-state index in [1.165, 1.54) is 12.4 Å². The zero-order valence-electron chi connectivity index (χ0n) is 18.1. The molecular weight excluding hydrogens is 424 g/mol. The van der Waals surface area contributed by atoms with Gasteiger partial charge in [-0.15, -0.1) is 0 Å². The summed E-state index contributed by atoms with van der Waals surface area (Å²) in [6.45, 7) is 3.76. The molecule has 3 aromatic rings. The molecule has 0 aliphatic carbocycles. The van der Waals surface area contributed by atoms with Gasteiger partial charge in [0.15, 0.2) is 0 Å². The molecule has 2 N–H and O–H groups in total. The Morgan fingerprint density at radius 3 is 2.55 bits per heavy atom. The second-order valence-electron chi connectivity index (χ2n) is 7.60. The van der Waals surface area contributed by atoms with E-state index in [0.29, 0.717) is 69.5 Å². The molecule has 1 fully saturated rings. The molecule has 33 heavy (non-hydrogen) atoms. The molecule has 1 aliphatic heterocycles. The van der Waals surface area contributed by atoms with Gasteiger partial charge in [-0.2, -0.15) is 5.26 Å². The molecule has 11 nitrogen and oxygen atoms in total. The summed E-state index contributed by atoms with van der Waals surface area (Å²) in [6.07, 6.45) is 5.19. The van der Waals surface area contributed by atoms with Crippen LogP contribution in [0.2, 0.25) is 0 Å². The van der Waals surface area contributed by atoms with Crippen molar-refractivity contribution in [1.29, 1.82) is 5.26 Å². The molecule has 0 bridgehead atoms. The summed E-state index contributed by atoms with van der Waals surface area (Å²) >= 11 is 0. The molecular formula is C22H24N8O3. The van der Waals surface area contributed by atoms with Crippen molar-refractivity contribution in [3.8, 4) is 6.07 Å². The van der Waals surface area contributed by atoms with Crippen molar-refractivity contribution >= 4 is 28.8 Å². The molecule has 4 heterocycles. The first-order chi connectivity index (χ1) is 16.0. The van der Waals surface area contributed by atoms with E-state index in [9.17, 15) is 9.59 Å². The van der Waals surface area contributed by atoms with Crippen LogP contribution in [0.25, 0.3) is 11.0 Å². The van der Waals surface area contributed by atoms with E-state index < -0.39 is 5.91 Å². The van der Waals surface area contributed by atoms with Crippen molar-refractivity contribution in [1.82, 2.24) is 24.4 Å². The van der Waals surface area contributed by atoms with Crippen molar-refractivity contribution in [2.45, 2.75) is 13.0 Å². The number of aromatic nitrogens is 4. The zero-order chi connectivity index (χ0) is 23.2. The molecule has 0 unspecified atom stereocenters. The average molecular weight is 448 g/mol. The number of amides is 2. The lowest BCUT2D eigenvalue weighted by Gasteiger charge is -2.34. The van der Waals surface area contributed by atoms with E-state index in [2.05, 4.69) is 15.0 Å². The minimum Gasteiger partial charge on any atom is -0.379 e. The number of ether oxygens (including phenoxy) is 1. The van der Waals surface area contributed by atoms with Gasteiger partial charge in [0.25, 0.3) is 5.91 Å². The van der Waals surface area contributed by atoms with Crippen molar-refractivity contribution in [3.05, 3.63) is 48.0 Å². The van der Waals surface area contributed by atoms with Crippen molar-refractivity contribution in [2.24, 2.45) is 5.73 Å². The molecule has 0 spiro atoms. The summed E-state index contributed by atoms with van der Waals surface area (Å²) in [6, 6.07) is 7.33. The topological polar surface area (TPSA) is 143 Å².